The van der Waals surface area contributed by atoms with Crippen LogP contribution in [0.25, 0.3) is 11.0 Å². The van der Waals surface area contributed by atoms with Gasteiger partial charge in [-0.1, -0.05) is 45.8 Å². The van der Waals surface area contributed by atoms with E-state index in [0.29, 0.717) is 29.1 Å². The van der Waals surface area contributed by atoms with Crippen molar-refractivity contribution in [3.8, 4) is 17.2 Å². The maximum atomic E-state index is 12.7. The van der Waals surface area contributed by atoms with Gasteiger partial charge in [-0.2, -0.15) is 0 Å². The van der Waals surface area contributed by atoms with Gasteiger partial charge >= 0.3 is 0 Å². The van der Waals surface area contributed by atoms with Crippen molar-refractivity contribution in [1.82, 2.24) is 0 Å². The fourth-order valence-electron chi connectivity index (χ4n) is 2.73. The number of aryl methyl sites for hydroxylation is 1. The second kappa shape index (κ2) is 7.90. The summed E-state index contributed by atoms with van der Waals surface area (Å²) >= 11 is 3.41. The van der Waals surface area contributed by atoms with Crippen molar-refractivity contribution >= 4 is 26.9 Å². The Balaban J connectivity index is 1.54. The maximum absolute atomic E-state index is 12.7. The Labute approximate surface area is 170 Å². The number of benzene rings is 3. The van der Waals surface area contributed by atoms with Gasteiger partial charge in [0.1, 0.15) is 30.0 Å². The first-order chi connectivity index (χ1) is 13.6. The van der Waals surface area contributed by atoms with Gasteiger partial charge in [-0.05, 0) is 48.9 Å². The normalized spacial score (nSPS) is 10.8. The van der Waals surface area contributed by atoms with Gasteiger partial charge in [0, 0.05) is 10.5 Å². The van der Waals surface area contributed by atoms with Crippen LogP contribution in [-0.2, 0) is 6.61 Å². The standard InChI is InChI=1S/C23H17BrO4/c1-15-2-8-18(9-3-15)28-22-14-27-21-12-19(10-11-20(21)23(22)25)26-13-16-4-6-17(24)7-5-16/h2-12,14H,13H2,1H3. The van der Waals surface area contributed by atoms with E-state index in [9.17, 15) is 4.79 Å². The van der Waals surface area contributed by atoms with Crippen molar-refractivity contribution in [2.24, 2.45) is 0 Å². The Morgan fingerprint density at radius 2 is 1.64 bits per heavy atom. The summed E-state index contributed by atoms with van der Waals surface area (Å²) in [6.45, 7) is 2.42. The molecule has 0 unspecified atom stereocenters. The lowest BCUT2D eigenvalue weighted by molar-refractivity contribution is 0.306. The van der Waals surface area contributed by atoms with Crippen LogP contribution in [0.1, 0.15) is 11.1 Å². The fraction of sp³-hybridized carbons (Fsp3) is 0.0870. The topological polar surface area (TPSA) is 48.7 Å². The van der Waals surface area contributed by atoms with E-state index in [1.54, 1.807) is 18.2 Å². The molecule has 0 radical (unpaired) electrons. The zero-order valence-corrected chi connectivity index (χ0v) is 16.7. The molecule has 0 spiro atoms. The van der Waals surface area contributed by atoms with Crippen LogP contribution in [0, 0.1) is 6.92 Å². The van der Waals surface area contributed by atoms with Crippen molar-refractivity contribution in [2.75, 3.05) is 0 Å². The molecule has 140 valence electrons. The summed E-state index contributed by atoms with van der Waals surface area (Å²) in [5.74, 6) is 1.37. The SMILES string of the molecule is Cc1ccc(Oc2coc3cc(OCc4ccc(Br)cc4)ccc3c2=O)cc1. The number of halogens is 1. The monoisotopic (exact) mass is 436 g/mol. The Morgan fingerprint density at radius 1 is 0.929 bits per heavy atom. The van der Waals surface area contributed by atoms with Gasteiger partial charge in [-0.15, -0.1) is 0 Å². The minimum Gasteiger partial charge on any atom is -0.489 e. The molecule has 0 atom stereocenters. The molecule has 0 aliphatic heterocycles. The van der Waals surface area contributed by atoms with Gasteiger partial charge in [0.2, 0.25) is 11.2 Å². The summed E-state index contributed by atoms with van der Waals surface area (Å²) in [6.07, 6.45) is 1.34. The van der Waals surface area contributed by atoms with Crippen LogP contribution in [0.2, 0.25) is 0 Å². The van der Waals surface area contributed by atoms with Crippen LogP contribution in [0.5, 0.6) is 17.2 Å². The van der Waals surface area contributed by atoms with E-state index < -0.39 is 0 Å². The van der Waals surface area contributed by atoms with Gasteiger partial charge in [-0.3, -0.25) is 4.79 Å². The molecule has 0 saturated heterocycles. The largest absolute Gasteiger partial charge is 0.489 e. The molecule has 4 rings (SSSR count). The summed E-state index contributed by atoms with van der Waals surface area (Å²) in [5.41, 5.74) is 2.40. The minimum atomic E-state index is -0.221. The van der Waals surface area contributed by atoms with E-state index >= 15 is 0 Å². The molecule has 3 aromatic carbocycles. The van der Waals surface area contributed by atoms with E-state index in [-0.39, 0.29) is 11.2 Å². The lowest BCUT2D eigenvalue weighted by Crippen LogP contribution is -2.05. The van der Waals surface area contributed by atoms with Crippen LogP contribution >= 0.6 is 15.9 Å². The first-order valence-electron chi connectivity index (χ1n) is 8.76. The first-order valence-corrected chi connectivity index (χ1v) is 9.55. The Morgan fingerprint density at radius 3 is 2.39 bits per heavy atom. The third kappa shape index (κ3) is 4.10. The van der Waals surface area contributed by atoms with Crippen LogP contribution in [0.4, 0.5) is 0 Å². The van der Waals surface area contributed by atoms with Crippen LogP contribution < -0.4 is 14.9 Å². The smallest absolute Gasteiger partial charge is 0.235 e. The van der Waals surface area contributed by atoms with E-state index in [0.717, 1.165) is 15.6 Å². The number of fused-ring (bicyclic) bond motifs is 1. The highest BCUT2D eigenvalue weighted by Crippen LogP contribution is 2.25. The highest BCUT2D eigenvalue weighted by atomic mass is 79.9. The lowest BCUT2D eigenvalue weighted by atomic mass is 10.2. The molecule has 0 bridgehead atoms. The van der Waals surface area contributed by atoms with Crippen molar-refractivity contribution in [3.63, 3.8) is 0 Å². The molecule has 4 aromatic rings. The Hall–Kier alpha value is -3.05. The van der Waals surface area contributed by atoms with Crippen molar-refractivity contribution in [2.45, 2.75) is 13.5 Å². The number of rotatable bonds is 5. The minimum absolute atomic E-state index is 0.153. The van der Waals surface area contributed by atoms with E-state index in [2.05, 4.69) is 15.9 Å². The molecule has 0 aliphatic rings. The first kappa shape index (κ1) is 18.3. The zero-order chi connectivity index (χ0) is 19.5. The summed E-state index contributed by atoms with van der Waals surface area (Å²) in [4.78, 5) is 12.7. The van der Waals surface area contributed by atoms with Crippen molar-refractivity contribution in [1.29, 1.82) is 0 Å². The zero-order valence-electron chi connectivity index (χ0n) is 15.1. The van der Waals surface area contributed by atoms with Crippen molar-refractivity contribution in [3.05, 3.63) is 98.8 Å². The molecule has 4 nitrogen and oxygen atoms in total. The summed E-state index contributed by atoms with van der Waals surface area (Å²) in [6, 6.07) is 20.6. The van der Waals surface area contributed by atoms with E-state index in [4.69, 9.17) is 13.9 Å². The number of hydrogen-bond acceptors (Lipinski definition) is 4. The third-order valence-corrected chi connectivity index (χ3v) is 4.81. The van der Waals surface area contributed by atoms with E-state index in [1.807, 2.05) is 55.5 Å². The van der Waals surface area contributed by atoms with Crippen LogP contribution in [-0.4, -0.2) is 0 Å². The summed E-state index contributed by atoms with van der Waals surface area (Å²) in [7, 11) is 0. The highest BCUT2D eigenvalue weighted by molar-refractivity contribution is 9.10. The molecule has 0 amide bonds. The highest BCUT2D eigenvalue weighted by Gasteiger charge is 2.10. The molecule has 1 aromatic heterocycles. The third-order valence-electron chi connectivity index (χ3n) is 4.28. The average molecular weight is 437 g/mol. The van der Waals surface area contributed by atoms with Crippen molar-refractivity contribution < 1.29 is 13.9 Å². The average Bonchev–Trinajstić information content (AvgIpc) is 2.71. The van der Waals surface area contributed by atoms with Crippen LogP contribution in [0.15, 0.2) is 86.7 Å². The van der Waals surface area contributed by atoms with Crippen LogP contribution in [0.3, 0.4) is 0 Å². The second-order valence-corrected chi connectivity index (χ2v) is 7.33. The van der Waals surface area contributed by atoms with Gasteiger partial charge in [0.25, 0.3) is 0 Å². The molecular weight excluding hydrogens is 420 g/mol. The van der Waals surface area contributed by atoms with E-state index in [1.165, 1.54) is 6.26 Å². The molecule has 0 saturated carbocycles. The molecular formula is C23H17BrO4. The van der Waals surface area contributed by atoms with Gasteiger partial charge < -0.3 is 13.9 Å². The van der Waals surface area contributed by atoms with Gasteiger partial charge in [0.05, 0.1) is 5.39 Å². The number of ether oxygens (including phenoxy) is 2. The molecule has 0 N–H and O–H groups in total. The molecule has 0 fully saturated rings. The predicted molar refractivity (Wildman–Crippen MR) is 112 cm³/mol. The summed E-state index contributed by atoms with van der Waals surface area (Å²) in [5, 5.41) is 0.445. The predicted octanol–water partition coefficient (Wildman–Crippen LogP) is 6.24. The lowest BCUT2D eigenvalue weighted by Gasteiger charge is -2.08. The molecule has 5 heteroatoms. The molecule has 1 heterocycles. The Kier molecular flexibility index (Phi) is 5.17. The summed E-state index contributed by atoms with van der Waals surface area (Å²) < 4.78 is 18.1. The number of hydrogen-bond donors (Lipinski definition) is 0. The second-order valence-electron chi connectivity index (χ2n) is 6.42. The fourth-order valence-corrected chi connectivity index (χ4v) is 3.00. The quantitative estimate of drug-likeness (QED) is 0.371. The Bertz CT molecular complexity index is 1160. The van der Waals surface area contributed by atoms with Gasteiger partial charge in [-0.25, -0.2) is 0 Å². The molecule has 0 aliphatic carbocycles. The molecule has 28 heavy (non-hydrogen) atoms. The maximum Gasteiger partial charge on any atom is 0.235 e. The van der Waals surface area contributed by atoms with Gasteiger partial charge in [0.15, 0.2) is 0 Å².